The van der Waals surface area contributed by atoms with Gasteiger partial charge in [-0.25, -0.2) is 15.0 Å². The van der Waals surface area contributed by atoms with Crippen LogP contribution in [0.4, 0.5) is 119 Å². The zero-order chi connectivity index (χ0) is 40.9. The number of hydrogen-bond acceptors (Lipinski definition) is 6. The van der Waals surface area contributed by atoms with Gasteiger partial charge in [0, 0.05) is 0 Å². The summed E-state index contributed by atoms with van der Waals surface area (Å²) in [6, 6.07) is -12.7. The van der Waals surface area contributed by atoms with Gasteiger partial charge in [0.1, 0.15) is 0 Å². The van der Waals surface area contributed by atoms with Crippen LogP contribution < -0.4 is 0 Å². The van der Waals surface area contributed by atoms with Crippen LogP contribution in [0.15, 0.2) is 36.3 Å². The first-order chi connectivity index (χ1) is 22.3. The summed E-state index contributed by atoms with van der Waals surface area (Å²) in [5.41, 5.74) is 0. The van der Waals surface area contributed by atoms with Gasteiger partial charge >= 0.3 is 90.1 Å². The third kappa shape index (κ3) is 7.68. The molecule has 0 atom stereocenters. The van der Waals surface area contributed by atoms with Crippen LogP contribution in [0.25, 0.3) is 0 Å². The summed E-state index contributed by atoms with van der Waals surface area (Å²) in [6.07, 6.45) is -35.5. The molecule has 0 spiro atoms. The highest BCUT2D eigenvalue weighted by Crippen LogP contribution is 2.56. The van der Waals surface area contributed by atoms with Gasteiger partial charge in [-0.15, -0.1) is 0 Å². The van der Waals surface area contributed by atoms with Crippen molar-refractivity contribution >= 4 is 0 Å². The van der Waals surface area contributed by atoms with Gasteiger partial charge in [0.25, 0.3) is 0 Å². The number of aromatic nitrogens is 3. The molecule has 294 valence electrons. The minimum absolute atomic E-state index is 0.963. The Kier molecular flexibility index (Phi) is 11.7. The zero-order valence-electron chi connectivity index (χ0n) is 21.8. The summed E-state index contributed by atoms with van der Waals surface area (Å²) in [5.74, 6) is -61.8. The molecule has 1 aromatic rings. The Bertz CT molecular complexity index is 1360. The maximum absolute atomic E-state index is 14.5. The first-order valence-electron chi connectivity index (χ1n) is 10.7. The standard InChI is InChI=1S/C18F27N3O3/c19-1(20)4(25)49-16(40,41)13(34,35)10(28,29)7-46-8(11(30,31)14(36,37)17(42,43)50-5(26)2(21)22)48-9(47-7)12(32,33)15(38,39)18(44,45)51-6(27)3(23)24. The Labute approximate surface area is 256 Å². The fraction of sp³-hybridized carbons (Fsp3) is 0.500. The summed E-state index contributed by atoms with van der Waals surface area (Å²) in [6.45, 7) is 0. The molecule has 0 saturated heterocycles. The Balaban J connectivity index is 4.37. The number of hydrogen-bond donors (Lipinski definition) is 0. The Morgan fingerprint density at radius 2 is 0.471 bits per heavy atom. The molecule has 0 amide bonds. The van der Waals surface area contributed by atoms with Gasteiger partial charge < -0.3 is 14.2 Å². The lowest BCUT2D eigenvalue weighted by Crippen LogP contribution is -2.57. The zero-order valence-corrected chi connectivity index (χ0v) is 21.8. The fourth-order valence-corrected chi connectivity index (χ4v) is 2.41. The maximum Gasteiger partial charge on any atom is 0.473 e. The van der Waals surface area contributed by atoms with E-state index in [9.17, 15) is 119 Å². The lowest BCUT2D eigenvalue weighted by Gasteiger charge is -2.34. The topological polar surface area (TPSA) is 66.4 Å². The van der Waals surface area contributed by atoms with Crippen molar-refractivity contribution in [1.29, 1.82) is 0 Å². The Morgan fingerprint density at radius 1 is 0.314 bits per heavy atom. The lowest BCUT2D eigenvalue weighted by molar-refractivity contribution is -0.402. The fourth-order valence-electron chi connectivity index (χ4n) is 2.41. The number of alkyl halides is 18. The van der Waals surface area contributed by atoms with Crippen molar-refractivity contribution in [2.24, 2.45) is 0 Å². The van der Waals surface area contributed by atoms with Crippen LogP contribution >= 0.6 is 0 Å². The summed E-state index contributed by atoms with van der Waals surface area (Å²) < 4.78 is 369. The molecule has 0 unspecified atom stereocenters. The van der Waals surface area contributed by atoms with Gasteiger partial charge in [-0.05, 0) is 0 Å². The molecule has 0 aromatic carbocycles. The van der Waals surface area contributed by atoms with Crippen LogP contribution in [0.2, 0.25) is 0 Å². The van der Waals surface area contributed by atoms with E-state index in [0.717, 1.165) is 15.0 Å². The molecular weight excluding hydrogens is 819 g/mol. The SMILES string of the molecule is FC(F)=C(F)OC(F)(F)C(F)(F)C(F)(F)c1nc(C(F)(F)C(F)(F)C(F)(F)OC(F)=C(F)F)nc(C(F)(F)C(F)(F)C(F)(F)OC(F)=C(F)F)n1. The van der Waals surface area contributed by atoms with Crippen molar-refractivity contribution in [3.8, 4) is 0 Å². The minimum atomic E-state index is -8.09. The average Bonchev–Trinajstić information content (AvgIpc) is 2.95. The smallest absolute Gasteiger partial charge is 0.397 e. The Morgan fingerprint density at radius 3 is 0.608 bits per heavy atom. The van der Waals surface area contributed by atoms with Gasteiger partial charge in [0.2, 0.25) is 17.5 Å². The highest BCUT2D eigenvalue weighted by Gasteiger charge is 2.81. The van der Waals surface area contributed by atoms with Gasteiger partial charge in [-0.1, -0.05) is 0 Å². The molecule has 0 aliphatic heterocycles. The van der Waals surface area contributed by atoms with Crippen LogP contribution in [0.3, 0.4) is 0 Å². The van der Waals surface area contributed by atoms with Crippen molar-refractivity contribution in [2.75, 3.05) is 0 Å². The Hall–Kier alpha value is -4.26. The van der Waals surface area contributed by atoms with E-state index in [4.69, 9.17) is 0 Å². The van der Waals surface area contributed by atoms with E-state index in [1.165, 1.54) is 0 Å². The lowest BCUT2D eigenvalue weighted by atomic mass is 10.1. The molecule has 1 rings (SSSR count). The number of halogens is 27. The normalized spacial score (nSPS) is 14.2. The predicted molar refractivity (Wildman–Crippen MR) is 95.5 cm³/mol. The number of ether oxygens (including phenoxy) is 3. The molecule has 0 saturated carbocycles. The largest absolute Gasteiger partial charge is 0.473 e. The third-order valence-electron chi connectivity index (χ3n) is 4.86. The number of nitrogens with zero attached hydrogens (tertiary/aromatic N) is 3. The molecule has 0 radical (unpaired) electrons. The average molecular weight is 819 g/mol. The van der Waals surface area contributed by atoms with Crippen LogP contribution in [0, 0.1) is 0 Å². The van der Waals surface area contributed by atoms with Crippen LogP contribution in [-0.4, -0.2) is 51.0 Å². The van der Waals surface area contributed by atoms with E-state index >= 15 is 0 Å². The van der Waals surface area contributed by atoms with Gasteiger partial charge in [0.15, 0.2) is 0 Å². The van der Waals surface area contributed by atoms with E-state index in [1.54, 1.807) is 0 Å². The van der Waals surface area contributed by atoms with Crippen molar-refractivity contribution in [3.63, 3.8) is 0 Å². The van der Waals surface area contributed by atoms with Gasteiger partial charge in [-0.3, -0.25) is 0 Å². The summed E-state index contributed by atoms with van der Waals surface area (Å²) >= 11 is 0. The summed E-state index contributed by atoms with van der Waals surface area (Å²) in [5, 5.41) is 0. The predicted octanol–water partition coefficient (Wildman–Crippen LogP) is 9.99. The first kappa shape index (κ1) is 44.8. The van der Waals surface area contributed by atoms with Crippen LogP contribution in [0.1, 0.15) is 17.5 Å². The van der Waals surface area contributed by atoms with Crippen molar-refractivity contribution in [3.05, 3.63) is 53.8 Å². The molecule has 0 N–H and O–H groups in total. The van der Waals surface area contributed by atoms with E-state index in [-0.39, 0.29) is 0 Å². The maximum atomic E-state index is 14.5. The van der Waals surface area contributed by atoms with Crippen molar-refractivity contribution in [1.82, 2.24) is 15.0 Å². The van der Waals surface area contributed by atoms with E-state index in [0.29, 0.717) is 0 Å². The van der Waals surface area contributed by atoms with E-state index in [1.807, 2.05) is 14.2 Å². The summed E-state index contributed by atoms with van der Waals surface area (Å²) in [7, 11) is 0. The second-order valence-corrected chi connectivity index (χ2v) is 8.21. The second kappa shape index (κ2) is 13.4. The molecule has 51 heavy (non-hydrogen) atoms. The van der Waals surface area contributed by atoms with Crippen molar-refractivity contribution < 1.29 is 133 Å². The summed E-state index contributed by atoms with van der Waals surface area (Å²) in [4.78, 5) is 2.89. The highest BCUT2D eigenvalue weighted by atomic mass is 19.4. The minimum Gasteiger partial charge on any atom is -0.397 e. The van der Waals surface area contributed by atoms with Crippen molar-refractivity contribution in [2.45, 2.75) is 53.9 Å². The molecule has 33 heteroatoms. The van der Waals surface area contributed by atoms with E-state index in [2.05, 4.69) is 0 Å². The van der Waals surface area contributed by atoms with Gasteiger partial charge in [0.05, 0.1) is 0 Å². The van der Waals surface area contributed by atoms with Crippen LogP contribution in [-0.2, 0) is 32.0 Å². The molecule has 0 fully saturated rings. The quantitative estimate of drug-likeness (QED) is 0.130. The van der Waals surface area contributed by atoms with Gasteiger partial charge in [-0.2, -0.15) is 119 Å². The highest BCUT2D eigenvalue weighted by molar-refractivity contribution is 5.18. The molecule has 1 heterocycles. The number of rotatable bonds is 15. The molecule has 0 aliphatic rings. The molecular formula is C18F27N3O3. The third-order valence-corrected chi connectivity index (χ3v) is 4.86. The second-order valence-electron chi connectivity index (χ2n) is 8.21. The molecule has 0 aliphatic carbocycles. The molecule has 0 bridgehead atoms. The molecule has 6 nitrogen and oxygen atoms in total. The monoisotopic (exact) mass is 819 g/mol. The van der Waals surface area contributed by atoms with E-state index < -0.39 is 108 Å². The van der Waals surface area contributed by atoms with Crippen LogP contribution in [0.5, 0.6) is 0 Å². The first-order valence-corrected chi connectivity index (χ1v) is 10.7. The molecule has 1 aromatic heterocycles.